The third kappa shape index (κ3) is 6.21. The number of likely N-dealkylation sites (tertiary alicyclic amines) is 1. The minimum atomic E-state index is 0. The van der Waals surface area contributed by atoms with Gasteiger partial charge in [0.2, 0.25) is 0 Å². The fourth-order valence-electron chi connectivity index (χ4n) is 4.25. The van der Waals surface area contributed by atoms with Crippen molar-refractivity contribution in [3.05, 3.63) is 34.9 Å². The number of hydrogen-bond acceptors (Lipinski definition) is 4. The molecule has 1 aromatic rings. The summed E-state index contributed by atoms with van der Waals surface area (Å²) in [6.07, 6.45) is 11.0. The number of nitrogens with zero attached hydrogens (tertiary/aromatic N) is 3. The molecular weight excluding hydrogens is 398 g/mol. The molecule has 0 saturated carbocycles. The number of nitrogens with two attached hydrogens (primary N) is 1. The Morgan fingerprint density at radius 3 is 2.73 bits per heavy atom. The van der Waals surface area contributed by atoms with E-state index in [1.165, 1.54) is 49.7 Å². The molecule has 2 aliphatic heterocycles. The van der Waals surface area contributed by atoms with Crippen molar-refractivity contribution in [2.24, 2.45) is 15.9 Å². The van der Waals surface area contributed by atoms with E-state index in [9.17, 15) is 0 Å². The zero-order valence-electron chi connectivity index (χ0n) is 18.3. The second kappa shape index (κ2) is 11.9. The average molecular weight is 434 g/mol. The van der Waals surface area contributed by atoms with Gasteiger partial charge < -0.3 is 15.5 Å². The number of guanidine groups is 1. The largest absolute Gasteiger partial charge is 0.388 e. The molecule has 6 nitrogen and oxygen atoms in total. The number of oxime groups is 1. The summed E-state index contributed by atoms with van der Waals surface area (Å²) in [6, 6.07) is 6.52. The number of aryl methyl sites for hydroxylation is 2. The number of hydrogen-bond donors (Lipinski definition) is 2. The maximum absolute atomic E-state index is 7.79. The van der Waals surface area contributed by atoms with E-state index in [-0.39, 0.29) is 24.4 Å². The van der Waals surface area contributed by atoms with E-state index in [1.54, 1.807) is 0 Å². The molecule has 2 heterocycles. The first-order valence-corrected chi connectivity index (χ1v) is 11.1. The standard InChI is InChI=1S/C23H35N5O.ClH/c1-3-4-5-6-7-8-10-18-12-13-19(15-17(18)2)22-26-20(16-29-27-22)21-11-9-14-28(21)23(24)25;/h12-13,15,21H,3-11,14,16H2,1-2H3,(H3,24,25);1H/t21-;/m0./s1. The fourth-order valence-corrected chi connectivity index (χ4v) is 4.25. The molecule has 1 atom stereocenters. The molecule has 1 aromatic carbocycles. The first-order valence-electron chi connectivity index (χ1n) is 11.1. The summed E-state index contributed by atoms with van der Waals surface area (Å²) < 4.78 is 0. The van der Waals surface area contributed by atoms with E-state index in [0.717, 1.165) is 37.1 Å². The van der Waals surface area contributed by atoms with Gasteiger partial charge in [-0.1, -0.05) is 56.3 Å². The monoisotopic (exact) mass is 433 g/mol. The third-order valence-corrected chi connectivity index (χ3v) is 5.96. The zero-order chi connectivity index (χ0) is 20.6. The lowest BCUT2D eigenvalue weighted by molar-refractivity contribution is 0.176. The molecule has 0 aliphatic carbocycles. The predicted molar refractivity (Wildman–Crippen MR) is 127 cm³/mol. The molecule has 3 N–H and O–H groups in total. The molecule has 0 radical (unpaired) electrons. The lowest BCUT2D eigenvalue weighted by atomic mass is 9.99. The van der Waals surface area contributed by atoms with Crippen LogP contribution in [0, 0.1) is 12.3 Å². The Bertz CT molecular complexity index is 777. The molecule has 3 rings (SSSR count). The van der Waals surface area contributed by atoms with Crippen LogP contribution in [0.4, 0.5) is 0 Å². The molecule has 166 valence electrons. The molecule has 30 heavy (non-hydrogen) atoms. The minimum absolute atomic E-state index is 0. The van der Waals surface area contributed by atoms with E-state index >= 15 is 0 Å². The van der Waals surface area contributed by atoms with Crippen molar-refractivity contribution in [1.82, 2.24) is 4.90 Å². The number of rotatable bonds is 9. The quantitative estimate of drug-likeness (QED) is 0.332. The van der Waals surface area contributed by atoms with Crippen molar-refractivity contribution >= 4 is 29.9 Å². The van der Waals surface area contributed by atoms with Crippen LogP contribution in [0.5, 0.6) is 0 Å². The van der Waals surface area contributed by atoms with E-state index in [2.05, 4.69) is 37.2 Å². The normalized spacial score (nSPS) is 18.3. The average Bonchev–Trinajstić information content (AvgIpc) is 3.22. The van der Waals surface area contributed by atoms with E-state index in [1.807, 2.05) is 4.90 Å². The van der Waals surface area contributed by atoms with Crippen molar-refractivity contribution in [2.45, 2.75) is 77.7 Å². The second-order valence-electron chi connectivity index (χ2n) is 8.19. The Morgan fingerprint density at radius 2 is 2.00 bits per heavy atom. The van der Waals surface area contributed by atoms with Crippen molar-refractivity contribution in [3.63, 3.8) is 0 Å². The van der Waals surface area contributed by atoms with Crippen molar-refractivity contribution in [1.29, 1.82) is 5.41 Å². The Kier molecular flexibility index (Phi) is 9.63. The molecule has 1 saturated heterocycles. The summed E-state index contributed by atoms with van der Waals surface area (Å²) in [5.41, 5.74) is 10.3. The maximum atomic E-state index is 7.79. The Balaban J connectivity index is 0.00000320. The summed E-state index contributed by atoms with van der Waals surface area (Å²) in [6.45, 7) is 5.59. The Morgan fingerprint density at radius 1 is 1.23 bits per heavy atom. The Hall–Kier alpha value is -2.08. The summed E-state index contributed by atoms with van der Waals surface area (Å²) in [5, 5.41) is 12.0. The summed E-state index contributed by atoms with van der Waals surface area (Å²) in [5.74, 6) is 0.727. The highest BCUT2D eigenvalue weighted by Crippen LogP contribution is 2.22. The first-order chi connectivity index (χ1) is 14.1. The lowest BCUT2D eigenvalue weighted by Gasteiger charge is -2.26. The van der Waals surface area contributed by atoms with Crippen LogP contribution in [0.2, 0.25) is 0 Å². The van der Waals surface area contributed by atoms with Crippen LogP contribution in [0.15, 0.2) is 28.3 Å². The van der Waals surface area contributed by atoms with Crippen LogP contribution in [0.25, 0.3) is 0 Å². The van der Waals surface area contributed by atoms with Gasteiger partial charge in [0.1, 0.15) is 0 Å². The second-order valence-corrected chi connectivity index (χ2v) is 8.19. The molecule has 0 unspecified atom stereocenters. The van der Waals surface area contributed by atoms with Crippen molar-refractivity contribution in [3.8, 4) is 0 Å². The fraction of sp³-hybridized carbons (Fsp3) is 0.609. The highest BCUT2D eigenvalue weighted by atomic mass is 35.5. The molecule has 0 bridgehead atoms. The van der Waals surface area contributed by atoms with Crippen LogP contribution in [-0.2, 0) is 11.3 Å². The van der Waals surface area contributed by atoms with Gasteiger partial charge in [0.25, 0.3) is 0 Å². The smallest absolute Gasteiger partial charge is 0.198 e. The van der Waals surface area contributed by atoms with Gasteiger partial charge in [0.05, 0.1) is 11.8 Å². The van der Waals surface area contributed by atoms with Crippen LogP contribution in [-0.4, -0.2) is 41.6 Å². The Labute approximate surface area is 186 Å². The number of benzene rings is 1. The molecule has 1 fully saturated rings. The van der Waals surface area contributed by atoms with Gasteiger partial charge in [0, 0.05) is 12.1 Å². The van der Waals surface area contributed by atoms with Crippen molar-refractivity contribution in [2.75, 3.05) is 13.2 Å². The van der Waals surface area contributed by atoms with E-state index in [4.69, 9.17) is 21.0 Å². The van der Waals surface area contributed by atoms with Gasteiger partial charge in [-0.05, 0) is 49.8 Å². The third-order valence-electron chi connectivity index (χ3n) is 5.96. The van der Waals surface area contributed by atoms with Crippen LogP contribution >= 0.6 is 12.4 Å². The summed E-state index contributed by atoms with van der Waals surface area (Å²) >= 11 is 0. The van der Waals surface area contributed by atoms with Gasteiger partial charge >= 0.3 is 0 Å². The predicted octanol–water partition coefficient (Wildman–Crippen LogP) is 4.81. The number of amidine groups is 1. The number of halogens is 1. The zero-order valence-corrected chi connectivity index (χ0v) is 19.1. The minimum Gasteiger partial charge on any atom is -0.388 e. The number of unbranched alkanes of at least 4 members (excludes halogenated alkanes) is 5. The van der Waals surface area contributed by atoms with Crippen LogP contribution in [0.3, 0.4) is 0 Å². The van der Waals surface area contributed by atoms with Gasteiger partial charge in [0.15, 0.2) is 18.4 Å². The van der Waals surface area contributed by atoms with Gasteiger partial charge in [-0.15, -0.1) is 12.4 Å². The van der Waals surface area contributed by atoms with Gasteiger partial charge in [-0.25, -0.2) is 4.99 Å². The van der Waals surface area contributed by atoms with Gasteiger partial charge in [-0.2, -0.15) is 0 Å². The van der Waals surface area contributed by atoms with E-state index in [0.29, 0.717) is 12.4 Å². The van der Waals surface area contributed by atoms with Crippen LogP contribution in [0.1, 0.15) is 75.0 Å². The SMILES string of the molecule is CCCCCCCCc1ccc(C2=NOCC([C@@H]3CCCN3C(=N)N)=N2)cc1C.Cl. The summed E-state index contributed by atoms with van der Waals surface area (Å²) in [4.78, 5) is 12.2. The molecular formula is C23H36ClN5O. The van der Waals surface area contributed by atoms with Crippen molar-refractivity contribution < 1.29 is 4.84 Å². The molecule has 7 heteroatoms. The number of nitrogens with one attached hydrogen (secondary N) is 1. The molecule has 2 aliphatic rings. The van der Waals surface area contributed by atoms with Gasteiger partial charge in [-0.3, -0.25) is 5.41 Å². The highest BCUT2D eigenvalue weighted by molar-refractivity contribution is 6.10. The molecule has 0 spiro atoms. The topological polar surface area (TPSA) is 87.1 Å². The van der Waals surface area contributed by atoms with E-state index < -0.39 is 0 Å². The lowest BCUT2D eigenvalue weighted by Crippen LogP contribution is -2.45. The maximum Gasteiger partial charge on any atom is 0.198 e. The molecule has 0 amide bonds. The number of aliphatic imine (C=N–C) groups is 1. The molecule has 0 aromatic heterocycles. The summed E-state index contributed by atoms with van der Waals surface area (Å²) in [7, 11) is 0. The first kappa shape index (κ1) is 24.2. The van der Waals surface area contributed by atoms with Crippen LogP contribution < -0.4 is 5.73 Å². The highest BCUT2D eigenvalue weighted by Gasteiger charge is 2.31.